The SMILES string of the molecule is NCc1nnc(SCc2cnccn2)o1. The lowest BCUT2D eigenvalue weighted by molar-refractivity contribution is 0.414. The van der Waals surface area contributed by atoms with Gasteiger partial charge in [0.25, 0.3) is 5.22 Å². The van der Waals surface area contributed by atoms with Crippen LogP contribution in [0.15, 0.2) is 28.2 Å². The Kier molecular flexibility index (Phi) is 3.25. The highest BCUT2D eigenvalue weighted by Crippen LogP contribution is 2.19. The summed E-state index contributed by atoms with van der Waals surface area (Å²) in [7, 11) is 0. The molecule has 6 nitrogen and oxygen atoms in total. The third kappa shape index (κ3) is 2.74. The van der Waals surface area contributed by atoms with Gasteiger partial charge in [0.15, 0.2) is 0 Å². The first-order valence-corrected chi connectivity index (χ1v) is 5.27. The monoisotopic (exact) mass is 223 g/mol. The molecule has 2 aromatic rings. The molecule has 15 heavy (non-hydrogen) atoms. The van der Waals surface area contributed by atoms with Crippen LogP contribution >= 0.6 is 11.8 Å². The Hall–Kier alpha value is -1.47. The molecule has 0 unspecified atom stereocenters. The van der Waals surface area contributed by atoms with E-state index in [1.165, 1.54) is 11.8 Å². The maximum absolute atomic E-state index is 5.34. The van der Waals surface area contributed by atoms with E-state index in [1.807, 2.05) is 0 Å². The summed E-state index contributed by atoms with van der Waals surface area (Å²) in [5, 5.41) is 8.07. The first-order valence-electron chi connectivity index (χ1n) is 4.28. The van der Waals surface area contributed by atoms with E-state index in [-0.39, 0.29) is 6.54 Å². The van der Waals surface area contributed by atoms with E-state index in [0.717, 1.165) is 5.69 Å². The van der Waals surface area contributed by atoms with E-state index >= 15 is 0 Å². The predicted octanol–water partition coefficient (Wildman–Crippen LogP) is 0.611. The van der Waals surface area contributed by atoms with Gasteiger partial charge >= 0.3 is 0 Å². The topological polar surface area (TPSA) is 90.7 Å². The van der Waals surface area contributed by atoms with Crippen molar-refractivity contribution in [2.75, 3.05) is 0 Å². The van der Waals surface area contributed by atoms with E-state index in [9.17, 15) is 0 Å². The number of aromatic nitrogens is 4. The summed E-state index contributed by atoms with van der Waals surface area (Å²) >= 11 is 1.41. The number of nitrogens with zero attached hydrogens (tertiary/aromatic N) is 4. The fraction of sp³-hybridized carbons (Fsp3) is 0.250. The number of nitrogens with two attached hydrogens (primary N) is 1. The highest BCUT2D eigenvalue weighted by molar-refractivity contribution is 7.98. The van der Waals surface area contributed by atoms with Crippen LogP contribution in [0.2, 0.25) is 0 Å². The van der Waals surface area contributed by atoms with Gasteiger partial charge in [0.05, 0.1) is 12.2 Å². The van der Waals surface area contributed by atoms with Crippen molar-refractivity contribution in [3.63, 3.8) is 0 Å². The van der Waals surface area contributed by atoms with Crippen molar-refractivity contribution in [3.8, 4) is 0 Å². The van der Waals surface area contributed by atoms with Crippen LogP contribution < -0.4 is 5.73 Å². The number of hydrogen-bond donors (Lipinski definition) is 1. The van der Waals surface area contributed by atoms with Crippen molar-refractivity contribution >= 4 is 11.8 Å². The smallest absolute Gasteiger partial charge is 0.277 e. The van der Waals surface area contributed by atoms with Crippen molar-refractivity contribution in [2.24, 2.45) is 5.73 Å². The van der Waals surface area contributed by atoms with Crippen LogP contribution in [0.4, 0.5) is 0 Å². The van der Waals surface area contributed by atoms with Crippen molar-refractivity contribution in [1.29, 1.82) is 0 Å². The van der Waals surface area contributed by atoms with E-state index in [1.54, 1.807) is 18.6 Å². The lowest BCUT2D eigenvalue weighted by Gasteiger charge is -1.94. The zero-order valence-electron chi connectivity index (χ0n) is 7.83. The molecule has 0 aliphatic heterocycles. The average molecular weight is 223 g/mol. The molecule has 0 bridgehead atoms. The maximum atomic E-state index is 5.34. The largest absolute Gasteiger partial charge is 0.415 e. The highest BCUT2D eigenvalue weighted by atomic mass is 32.2. The maximum Gasteiger partial charge on any atom is 0.277 e. The Labute approximate surface area is 90.3 Å². The molecule has 7 heteroatoms. The number of hydrogen-bond acceptors (Lipinski definition) is 7. The van der Waals surface area contributed by atoms with Gasteiger partial charge in [-0.3, -0.25) is 9.97 Å². The molecule has 0 fully saturated rings. The first kappa shape index (κ1) is 10.1. The minimum atomic E-state index is 0.263. The van der Waals surface area contributed by atoms with Gasteiger partial charge in [-0.25, -0.2) is 0 Å². The Morgan fingerprint density at radius 3 is 2.93 bits per heavy atom. The second kappa shape index (κ2) is 4.85. The summed E-state index contributed by atoms with van der Waals surface area (Å²) in [4.78, 5) is 8.08. The van der Waals surface area contributed by atoms with Crippen LogP contribution in [0.1, 0.15) is 11.6 Å². The molecule has 0 atom stereocenters. The van der Waals surface area contributed by atoms with Crippen molar-refractivity contribution in [2.45, 2.75) is 17.5 Å². The molecule has 0 aromatic carbocycles. The molecule has 2 heterocycles. The summed E-state index contributed by atoms with van der Waals surface area (Å²) in [6, 6.07) is 0. The molecule has 0 aliphatic rings. The second-order valence-corrected chi connectivity index (χ2v) is 3.58. The normalized spacial score (nSPS) is 10.5. The molecule has 2 N–H and O–H groups in total. The summed E-state index contributed by atoms with van der Waals surface area (Å²) in [6.45, 7) is 0.263. The van der Waals surface area contributed by atoms with Crippen LogP contribution in [0.5, 0.6) is 0 Å². The summed E-state index contributed by atoms with van der Waals surface area (Å²) < 4.78 is 5.22. The van der Waals surface area contributed by atoms with Crippen LogP contribution in [-0.4, -0.2) is 20.2 Å². The van der Waals surface area contributed by atoms with E-state index in [4.69, 9.17) is 10.2 Å². The van der Waals surface area contributed by atoms with Gasteiger partial charge in [-0.05, 0) is 0 Å². The molecule has 0 saturated carbocycles. The minimum Gasteiger partial charge on any atom is -0.415 e. The van der Waals surface area contributed by atoms with Crippen LogP contribution in [-0.2, 0) is 12.3 Å². The molecule has 2 aromatic heterocycles. The third-order valence-electron chi connectivity index (χ3n) is 1.58. The lowest BCUT2D eigenvalue weighted by atomic mass is 10.5. The Morgan fingerprint density at radius 1 is 1.33 bits per heavy atom. The van der Waals surface area contributed by atoms with Crippen molar-refractivity contribution in [1.82, 2.24) is 20.2 Å². The second-order valence-electron chi connectivity index (χ2n) is 2.65. The summed E-state index contributed by atoms with van der Waals surface area (Å²) in [6.07, 6.45) is 4.98. The van der Waals surface area contributed by atoms with Crippen LogP contribution in [0.3, 0.4) is 0 Å². The van der Waals surface area contributed by atoms with Gasteiger partial charge in [-0.1, -0.05) is 11.8 Å². The molecule has 0 aliphatic carbocycles. The zero-order valence-corrected chi connectivity index (χ0v) is 8.65. The van der Waals surface area contributed by atoms with Gasteiger partial charge in [0.2, 0.25) is 5.89 Å². The third-order valence-corrected chi connectivity index (χ3v) is 2.44. The van der Waals surface area contributed by atoms with Gasteiger partial charge < -0.3 is 10.2 Å². The van der Waals surface area contributed by atoms with E-state index < -0.39 is 0 Å². The van der Waals surface area contributed by atoms with Gasteiger partial charge in [-0.15, -0.1) is 10.2 Å². The van der Waals surface area contributed by atoms with Gasteiger partial charge in [-0.2, -0.15) is 0 Å². The quantitative estimate of drug-likeness (QED) is 0.759. The van der Waals surface area contributed by atoms with Crippen molar-refractivity contribution < 1.29 is 4.42 Å². The van der Waals surface area contributed by atoms with E-state index in [2.05, 4.69) is 20.2 Å². The predicted molar refractivity (Wildman–Crippen MR) is 53.8 cm³/mol. The van der Waals surface area contributed by atoms with Crippen LogP contribution in [0.25, 0.3) is 0 Å². The number of rotatable bonds is 4. The number of thioether (sulfide) groups is 1. The minimum absolute atomic E-state index is 0.263. The first-order chi connectivity index (χ1) is 7.38. The van der Waals surface area contributed by atoms with Crippen molar-refractivity contribution in [3.05, 3.63) is 30.2 Å². The molecule has 78 valence electrons. The summed E-state index contributed by atoms with van der Waals surface area (Å²) in [5.74, 6) is 1.09. The molecular weight excluding hydrogens is 214 g/mol. The summed E-state index contributed by atoms with van der Waals surface area (Å²) in [5.41, 5.74) is 6.21. The Bertz CT molecular complexity index is 418. The molecule has 2 rings (SSSR count). The zero-order chi connectivity index (χ0) is 10.5. The van der Waals surface area contributed by atoms with Gasteiger partial charge in [0, 0.05) is 24.3 Å². The van der Waals surface area contributed by atoms with Gasteiger partial charge in [0.1, 0.15) is 0 Å². The molecule has 0 spiro atoms. The highest BCUT2D eigenvalue weighted by Gasteiger charge is 2.05. The Balaban J connectivity index is 1.93. The van der Waals surface area contributed by atoms with Crippen LogP contribution in [0, 0.1) is 0 Å². The molecular formula is C8H9N5OS. The standard InChI is InChI=1S/C8H9N5OS/c9-3-7-12-13-8(14-7)15-5-6-4-10-1-2-11-6/h1-2,4H,3,5,9H2. The average Bonchev–Trinajstić information content (AvgIpc) is 2.76. The Morgan fingerprint density at radius 2 is 2.27 bits per heavy atom. The van der Waals surface area contributed by atoms with E-state index in [0.29, 0.717) is 16.9 Å². The fourth-order valence-electron chi connectivity index (χ4n) is 0.919. The molecule has 0 amide bonds. The molecule has 0 saturated heterocycles. The molecule has 0 radical (unpaired) electrons. The lowest BCUT2D eigenvalue weighted by Crippen LogP contribution is -1.95. The fourth-order valence-corrected chi connectivity index (χ4v) is 1.59.